The molecule has 2 aromatic rings. The fourth-order valence-electron chi connectivity index (χ4n) is 4.31. The first kappa shape index (κ1) is 19.7. The molecular formula is C21H29N5O3. The van der Waals surface area contributed by atoms with Crippen LogP contribution in [0.4, 0.5) is 5.82 Å². The van der Waals surface area contributed by atoms with Crippen LogP contribution in [0.15, 0.2) is 21.5 Å². The predicted molar refractivity (Wildman–Crippen MR) is 109 cm³/mol. The quantitative estimate of drug-likeness (QED) is 0.830. The number of nitrogens with one attached hydrogen (secondary N) is 1. The fourth-order valence-corrected chi connectivity index (χ4v) is 4.31. The number of aryl methyl sites for hydroxylation is 1. The molecule has 1 N–H and O–H groups in total. The molecule has 0 bridgehead atoms. The van der Waals surface area contributed by atoms with E-state index in [1.165, 1.54) is 4.68 Å². The van der Waals surface area contributed by atoms with Crippen molar-refractivity contribution in [2.75, 3.05) is 18.0 Å². The molecule has 0 saturated carbocycles. The third-order valence-electron chi connectivity index (χ3n) is 5.89. The zero-order valence-corrected chi connectivity index (χ0v) is 17.2. The summed E-state index contributed by atoms with van der Waals surface area (Å²) in [6.07, 6.45) is 7.04. The maximum absolute atomic E-state index is 12.7. The minimum absolute atomic E-state index is 0.00346. The van der Waals surface area contributed by atoms with Crippen molar-refractivity contribution >= 4 is 11.7 Å². The number of nitrogens with zero attached hydrogens (tertiary/aromatic N) is 4. The summed E-state index contributed by atoms with van der Waals surface area (Å²) >= 11 is 0. The van der Waals surface area contributed by atoms with Gasteiger partial charge in [0.25, 0.3) is 11.5 Å². The molecule has 1 saturated heterocycles. The largest absolute Gasteiger partial charge is 0.360 e. The number of hydrogen-bond donors (Lipinski definition) is 1. The molecule has 8 heteroatoms. The molecular weight excluding hydrogens is 370 g/mol. The second-order valence-electron chi connectivity index (χ2n) is 8.26. The minimum atomic E-state index is -0.164. The molecule has 1 fully saturated rings. The lowest BCUT2D eigenvalue weighted by atomic mass is 9.96. The molecule has 8 nitrogen and oxygen atoms in total. The molecule has 4 rings (SSSR count). The Labute approximate surface area is 170 Å². The molecule has 1 aliphatic carbocycles. The van der Waals surface area contributed by atoms with Gasteiger partial charge in [0.2, 0.25) is 0 Å². The highest BCUT2D eigenvalue weighted by atomic mass is 16.5. The van der Waals surface area contributed by atoms with Gasteiger partial charge in [-0.25, -0.2) is 4.68 Å². The van der Waals surface area contributed by atoms with E-state index in [0.717, 1.165) is 68.6 Å². The van der Waals surface area contributed by atoms with Crippen LogP contribution in [0.2, 0.25) is 0 Å². The average molecular weight is 399 g/mol. The van der Waals surface area contributed by atoms with Gasteiger partial charge in [0.1, 0.15) is 11.6 Å². The van der Waals surface area contributed by atoms with E-state index in [4.69, 9.17) is 4.52 Å². The van der Waals surface area contributed by atoms with Gasteiger partial charge in [-0.05, 0) is 58.4 Å². The molecule has 0 spiro atoms. The van der Waals surface area contributed by atoms with E-state index in [1.54, 1.807) is 12.1 Å². The number of amides is 1. The first-order valence-corrected chi connectivity index (χ1v) is 10.7. The number of fused-ring (bicyclic) bond motifs is 1. The monoisotopic (exact) mass is 399 g/mol. The van der Waals surface area contributed by atoms with Crippen LogP contribution in [0.5, 0.6) is 0 Å². The highest BCUT2D eigenvalue weighted by molar-refractivity contribution is 5.93. The molecule has 1 atom stereocenters. The summed E-state index contributed by atoms with van der Waals surface area (Å²) in [4.78, 5) is 27.0. The van der Waals surface area contributed by atoms with Crippen molar-refractivity contribution in [3.63, 3.8) is 0 Å². The standard InChI is InChI=1S/C21H29N5O3/c1-14(2)26-19(27)11-10-18(23-26)25-12-6-5-7-15(25)13-22-21(28)20-16-8-3-4-9-17(16)29-24-20/h10-11,14-15H,3-9,12-13H2,1-2H3,(H,22,28). The van der Waals surface area contributed by atoms with E-state index in [0.29, 0.717) is 12.2 Å². The topological polar surface area (TPSA) is 93.3 Å². The lowest BCUT2D eigenvalue weighted by Gasteiger charge is -2.36. The van der Waals surface area contributed by atoms with Crippen molar-refractivity contribution in [3.8, 4) is 0 Å². The third-order valence-corrected chi connectivity index (χ3v) is 5.89. The Balaban J connectivity index is 1.47. The van der Waals surface area contributed by atoms with Gasteiger partial charge < -0.3 is 14.7 Å². The zero-order valence-electron chi connectivity index (χ0n) is 17.2. The van der Waals surface area contributed by atoms with Crippen molar-refractivity contribution in [2.24, 2.45) is 0 Å². The molecule has 2 aromatic heterocycles. The van der Waals surface area contributed by atoms with E-state index in [-0.39, 0.29) is 23.6 Å². The van der Waals surface area contributed by atoms with Gasteiger partial charge in [-0.2, -0.15) is 5.10 Å². The van der Waals surface area contributed by atoms with Gasteiger partial charge in [0.15, 0.2) is 5.69 Å². The highest BCUT2D eigenvalue weighted by Crippen LogP contribution is 2.25. The maximum atomic E-state index is 12.7. The molecule has 156 valence electrons. The van der Waals surface area contributed by atoms with Crippen molar-refractivity contribution in [2.45, 2.75) is 70.9 Å². The van der Waals surface area contributed by atoms with Crippen LogP contribution < -0.4 is 15.8 Å². The van der Waals surface area contributed by atoms with Crippen molar-refractivity contribution in [1.82, 2.24) is 20.3 Å². The Kier molecular flexibility index (Phi) is 5.69. The molecule has 1 unspecified atom stereocenters. The van der Waals surface area contributed by atoms with Crippen LogP contribution in [-0.2, 0) is 12.8 Å². The van der Waals surface area contributed by atoms with Crippen LogP contribution in [0.3, 0.4) is 0 Å². The molecule has 2 aliphatic rings. The Morgan fingerprint density at radius 1 is 1.24 bits per heavy atom. The van der Waals surface area contributed by atoms with Crippen molar-refractivity contribution < 1.29 is 9.32 Å². The summed E-state index contributed by atoms with van der Waals surface area (Å²) in [7, 11) is 0. The lowest BCUT2D eigenvalue weighted by molar-refractivity contribution is 0.0939. The van der Waals surface area contributed by atoms with Crippen LogP contribution in [-0.4, -0.2) is 40.0 Å². The van der Waals surface area contributed by atoms with Gasteiger partial charge >= 0.3 is 0 Å². The second kappa shape index (κ2) is 8.39. The van der Waals surface area contributed by atoms with E-state index < -0.39 is 0 Å². The number of piperidine rings is 1. The first-order chi connectivity index (χ1) is 14.0. The lowest BCUT2D eigenvalue weighted by Crippen LogP contribution is -2.48. The van der Waals surface area contributed by atoms with Gasteiger partial charge in [-0.3, -0.25) is 9.59 Å². The van der Waals surface area contributed by atoms with E-state index in [1.807, 2.05) is 13.8 Å². The summed E-state index contributed by atoms with van der Waals surface area (Å²) < 4.78 is 6.89. The van der Waals surface area contributed by atoms with Crippen molar-refractivity contribution in [1.29, 1.82) is 0 Å². The first-order valence-electron chi connectivity index (χ1n) is 10.7. The Hall–Kier alpha value is -2.64. The van der Waals surface area contributed by atoms with Gasteiger partial charge in [-0.1, -0.05) is 5.16 Å². The van der Waals surface area contributed by atoms with Crippen LogP contribution in [0, 0.1) is 0 Å². The Bertz CT molecular complexity index is 933. The summed E-state index contributed by atoms with van der Waals surface area (Å²) in [5, 5.41) is 11.7. The smallest absolute Gasteiger partial charge is 0.273 e. The molecule has 1 aliphatic heterocycles. The number of hydrogen-bond acceptors (Lipinski definition) is 6. The maximum Gasteiger partial charge on any atom is 0.273 e. The van der Waals surface area contributed by atoms with Gasteiger partial charge in [0.05, 0.1) is 6.04 Å². The number of carbonyl (C=O) groups excluding carboxylic acids is 1. The number of aromatic nitrogens is 3. The summed E-state index contributed by atoms with van der Waals surface area (Å²) in [6.45, 7) is 5.28. The predicted octanol–water partition coefficient (Wildman–Crippen LogP) is 2.48. The summed E-state index contributed by atoms with van der Waals surface area (Å²) in [5.74, 6) is 1.49. The molecule has 1 amide bonds. The Morgan fingerprint density at radius 3 is 2.90 bits per heavy atom. The van der Waals surface area contributed by atoms with Crippen LogP contribution in [0.25, 0.3) is 0 Å². The summed E-state index contributed by atoms with van der Waals surface area (Å²) in [5.41, 5.74) is 1.31. The van der Waals surface area contributed by atoms with E-state index in [2.05, 4.69) is 20.5 Å². The fraction of sp³-hybridized carbons (Fsp3) is 0.619. The molecule has 29 heavy (non-hydrogen) atoms. The van der Waals surface area contributed by atoms with Crippen LogP contribution >= 0.6 is 0 Å². The van der Waals surface area contributed by atoms with Crippen molar-refractivity contribution in [3.05, 3.63) is 39.5 Å². The molecule has 0 aromatic carbocycles. The van der Waals surface area contributed by atoms with E-state index in [9.17, 15) is 9.59 Å². The molecule has 0 radical (unpaired) electrons. The zero-order chi connectivity index (χ0) is 20.4. The number of carbonyl (C=O) groups is 1. The SMILES string of the molecule is CC(C)n1nc(N2CCCCC2CNC(=O)c2noc3c2CCCC3)ccc1=O. The number of anilines is 1. The minimum Gasteiger partial charge on any atom is -0.360 e. The van der Waals surface area contributed by atoms with Gasteiger partial charge in [0, 0.05) is 37.2 Å². The van der Waals surface area contributed by atoms with Crippen LogP contribution in [0.1, 0.15) is 73.8 Å². The normalized spacial score (nSPS) is 19.3. The average Bonchev–Trinajstić information content (AvgIpc) is 3.17. The Morgan fingerprint density at radius 2 is 2.07 bits per heavy atom. The summed E-state index contributed by atoms with van der Waals surface area (Å²) in [6, 6.07) is 3.51. The van der Waals surface area contributed by atoms with Gasteiger partial charge in [-0.15, -0.1) is 0 Å². The van der Waals surface area contributed by atoms with E-state index >= 15 is 0 Å². The highest BCUT2D eigenvalue weighted by Gasteiger charge is 2.27. The third kappa shape index (κ3) is 4.06. The number of rotatable bonds is 5. The second-order valence-corrected chi connectivity index (χ2v) is 8.26. The molecule has 3 heterocycles.